The lowest BCUT2D eigenvalue weighted by Gasteiger charge is -2.36. The Morgan fingerprint density at radius 2 is 1.72 bits per heavy atom. The molecule has 2 aromatic rings. The molecule has 4 heterocycles. The van der Waals surface area contributed by atoms with Crippen LogP contribution in [-0.2, 0) is 23.9 Å². The Morgan fingerprint density at radius 1 is 1.00 bits per heavy atom. The third-order valence-corrected chi connectivity index (χ3v) is 9.51. The fraction of sp³-hybridized carbons (Fsp3) is 0.531. The maximum absolute atomic E-state index is 13.8. The zero-order valence-electron chi connectivity index (χ0n) is 25.2. The molecule has 0 saturated carbocycles. The van der Waals surface area contributed by atoms with Crippen molar-refractivity contribution in [1.82, 2.24) is 26.1 Å². The van der Waals surface area contributed by atoms with Gasteiger partial charge in [0.1, 0.15) is 12.1 Å². The number of thioether (sulfide) groups is 1. The summed E-state index contributed by atoms with van der Waals surface area (Å²) in [6.45, 7) is 7.52. The van der Waals surface area contributed by atoms with Gasteiger partial charge in [-0.05, 0) is 74.7 Å². The number of hydrogen-bond acceptors (Lipinski definition) is 8. The quantitative estimate of drug-likeness (QED) is 0.420. The van der Waals surface area contributed by atoms with Crippen molar-refractivity contribution in [1.29, 1.82) is 0 Å². The van der Waals surface area contributed by atoms with Crippen molar-refractivity contribution in [3.63, 3.8) is 0 Å². The monoisotopic (exact) mass is 607 g/mol. The van der Waals surface area contributed by atoms with E-state index in [9.17, 15) is 19.2 Å². The number of nitrogens with one attached hydrogen (secondary N) is 3. The zero-order valence-corrected chi connectivity index (χ0v) is 26.0. The molecule has 43 heavy (non-hydrogen) atoms. The number of amides is 3. The number of cyclic esters (lactones) is 1. The van der Waals surface area contributed by atoms with Gasteiger partial charge in [0.05, 0.1) is 22.7 Å². The van der Waals surface area contributed by atoms with Crippen molar-refractivity contribution in [2.45, 2.75) is 77.6 Å². The third kappa shape index (κ3) is 6.88. The van der Waals surface area contributed by atoms with E-state index in [1.165, 1.54) is 5.01 Å². The molecule has 2 fully saturated rings. The predicted molar refractivity (Wildman–Crippen MR) is 167 cm³/mol. The normalized spacial score (nSPS) is 28.0. The largest absolute Gasteiger partial charge is 0.451 e. The van der Waals surface area contributed by atoms with E-state index in [0.29, 0.717) is 32.2 Å². The minimum absolute atomic E-state index is 0.228. The highest BCUT2D eigenvalue weighted by molar-refractivity contribution is 7.99. The second-order valence-electron chi connectivity index (χ2n) is 12.1. The van der Waals surface area contributed by atoms with Crippen LogP contribution in [0, 0.1) is 11.3 Å². The molecule has 3 aliphatic heterocycles. The van der Waals surface area contributed by atoms with Crippen LogP contribution in [-0.4, -0.2) is 69.9 Å². The van der Waals surface area contributed by atoms with Crippen LogP contribution in [0.4, 0.5) is 0 Å². The Bertz CT molecular complexity index is 1420. The van der Waals surface area contributed by atoms with Crippen molar-refractivity contribution in [2.24, 2.45) is 11.3 Å². The zero-order chi connectivity index (χ0) is 30.7. The molecule has 10 nitrogen and oxygen atoms in total. The van der Waals surface area contributed by atoms with E-state index in [-0.39, 0.29) is 23.8 Å². The van der Waals surface area contributed by atoms with Crippen LogP contribution in [0.3, 0.4) is 0 Å². The number of hydrogen-bond donors (Lipinski definition) is 3. The fourth-order valence-electron chi connectivity index (χ4n) is 5.76. The first-order valence-electron chi connectivity index (χ1n) is 15.1. The Kier molecular flexibility index (Phi) is 9.41. The van der Waals surface area contributed by atoms with E-state index in [1.807, 2.05) is 63.3 Å². The molecule has 3 N–H and O–H groups in total. The van der Waals surface area contributed by atoms with Crippen LogP contribution in [0.1, 0.15) is 70.7 Å². The highest BCUT2D eigenvalue weighted by Crippen LogP contribution is 2.39. The number of esters is 1. The molecule has 1 aromatic carbocycles. The van der Waals surface area contributed by atoms with E-state index in [2.05, 4.69) is 16.1 Å². The van der Waals surface area contributed by atoms with Crippen LogP contribution in [0.2, 0.25) is 0 Å². The summed E-state index contributed by atoms with van der Waals surface area (Å²) >= 11 is 1.80. The van der Waals surface area contributed by atoms with Crippen LogP contribution in [0.25, 0.3) is 17.0 Å². The average molecular weight is 608 g/mol. The van der Waals surface area contributed by atoms with Gasteiger partial charge in [-0.3, -0.25) is 29.2 Å². The molecular weight excluding hydrogens is 566 g/mol. The molecule has 5 bridgehead atoms. The second kappa shape index (κ2) is 13.1. The van der Waals surface area contributed by atoms with Crippen LogP contribution in [0.15, 0.2) is 36.4 Å². The number of aromatic nitrogens is 1. The number of nitrogens with zero attached hydrogens (tertiary/aromatic N) is 2. The molecule has 11 heteroatoms. The number of pyridine rings is 1. The number of rotatable bonds is 1. The molecule has 1 aromatic heterocycles. The predicted octanol–water partition coefficient (Wildman–Crippen LogP) is 3.52. The lowest BCUT2D eigenvalue weighted by Crippen LogP contribution is -2.61. The molecular formula is C32H41N5O5S. The minimum atomic E-state index is -1.06. The standard InChI is InChI=1S/C32H41N5O5S/c1-19(2)27-29(39)34-21(4)30(40)37-15-5-6-25(36-37)28(38)33-20(3)24-10-9-23-8-7-22(18-26(23)35-24)11-12-32(31(41)42-27)13-16-43-17-14-32/h7-12,18-21,25,27,36H,5-6,13-17H2,1-4H3,(H,33,38)(H,34,39)/b12-11+/t20-,21?,25?,27?/m1/s1. The summed E-state index contributed by atoms with van der Waals surface area (Å²) in [5.74, 6) is -0.240. The van der Waals surface area contributed by atoms with Crippen LogP contribution < -0.4 is 16.1 Å². The summed E-state index contributed by atoms with van der Waals surface area (Å²) in [5, 5.41) is 8.16. The summed E-state index contributed by atoms with van der Waals surface area (Å²) in [7, 11) is 0. The van der Waals surface area contributed by atoms with Crippen molar-refractivity contribution in [3.8, 4) is 0 Å². The maximum Gasteiger partial charge on any atom is 0.316 e. The number of carbonyl (C=O) groups excluding carboxylic acids is 4. The van der Waals surface area contributed by atoms with Crippen molar-refractivity contribution < 1.29 is 23.9 Å². The van der Waals surface area contributed by atoms with Crippen molar-refractivity contribution in [3.05, 3.63) is 47.7 Å². The Balaban J connectivity index is 1.53. The maximum atomic E-state index is 13.8. The average Bonchev–Trinajstić information content (AvgIpc) is 3.01. The molecule has 5 rings (SSSR count). The molecule has 2 saturated heterocycles. The summed E-state index contributed by atoms with van der Waals surface area (Å²) in [5.41, 5.74) is 4.57. The van der Waals surface area contributed by atoms with Gasteiger partial charge >= 0.3 is 5.97 Å². The Morgan fingerprint density at radius 3 is 2.47 bits per heavy atom. The van der Waals surface area contributed by atoms with Crippen LogP contribution in [0.5, 0.6) is 0 Å². The fourth-order valence-corrected chi connectivity index (χ4v) is 6.98. The molecule has 230 valence electrons. The highest BCUT2D eigenvalue weighted by Gasteiger charge is 2.42. The summed E-state index contributed by atoms with van der Waals surface area (Å²) in [6.07, 6.45) is 5.19. The van der Waals surface area contributed by atoms with Gasteiger partial charge in [0, 0.05) is 11.9 Å². The lowest BCUT2D eigenvalue weighted by atomic mass is 9.81. The van der Waals surface area contributed by atoms with E-state index < -0.39 is 35.5 Å². The third-order valence-electron chi connectivity index (χ3n) is 8.52. The number of hydrazine groups is 1. The Hall–Kier alpha value is -3.44. The molecule has 3 aliphatic rings. The van der Waals surface area contributed by atoms with Gasteiger partial charge in [-0.15, -0.1) is 0 Å². The summed E-state index contributed by atoms with van der Waals surface area (Å²) in [6, 6.07) is 7.98. The number of ether oxygens (including phenoxy) is 1. The van der Waals surface area contributed by atoms with Crippen molar-refractivity contribution in [2.75, 3.05) is 18.1 Å². The molecule has 4 atom stereocenters. The topological polar surface area (TPSA) is 130 Å². The molecule has 3 amide bonds. The van der Waals surface area contributed by atoms with Gasteiger partial charge in [-0.1, -0.05) is 44.2 Å². The number of fused-ring (bicyclic) bond motifs is 4. The van der Waals surface area contributed by atoms with Gasteiger partial charge in [0.25, 0.3) is 11.8 Å². The number of benzene rings is 1. The summed E-state index contributed by atoms with van der Waals surface area (Å²) in [4.78, 5) is 58.6. The summed E-state index contributed by atoms with van der Waals surface area (Å²) < 4.78 is 5.97. The first-order valence-corrected chi connectivity index (χ1v) is 16.3. The molecule has 3 unspecified atom stereocenters. The first-order chi connectivity index (χ1) is 20.6. The smallest absolute Gasteiger partial charge is 0.316 e. The van der Waals surface area contributed by atoms with Gasteiger partial charge in [0.2, 0.25) is 5.91 Å². The molecule has 1 spiro atoms. The van der Waals surface area contributed by atoms with Gasteiger partial charge in [-0.2, -0.15) is 11.8 Å². The van der Waals surface area contributed by atoms with Gasteiger partial charge < -0.3 is 15.4 Å². The van der Waals surface area contributed by atoms with E-state index in [0.717, 1.165) is 33.7 Å². The van der Waals surface area contributed by atoms with E-state index in [1.54, 1.807) is 18.7 Å². The van der Waals surface area contributed by atoms with Crippen molar-refractivity contribution >= 4 is 52.4 Å². The highest BCUT2D eigenvalue weighted by atomic mass is 32.2. The second-order valence-corrected chi connectivity index (χ2v) is 13.4. The van der Waals surface area contributed by atoms with Crippen LogP contribution >= 0.6 is 11.8 Å². The SMILES string of the molecule is CC1NC(=O)C(C(C)C)OC(=O)C2(/C=C/c3ccc4ccc(nc4c3)[C@@H](C)NC(=O)C3CCCN(N3)C1=O)CCSCC2. The van der Waals surface area contributed by atoms with E-state index >= 15 is 0 Å². The molecule has 0 aliphatic carbocycles. The van der Waals surface area contributed by atoms with E-state index in [4.69, 9.17) is 9.72 Å². The van der Waals surface area contributed by atoms with Gasteiger partial charge in [-0.25, -0.2) is 5.43 Å². The minimum Gasteiger partial charge on any atom is -0.451 e. The first kappa shape index (κ1) is 31.0. The Labute approximate surface area is 256 Å². The number of carbonyl (C=O) groups is 4. The molecule has 0 radical (unpaired) electrons. The lowest BCUT2D eigenvalue weighted by molar-refractivity contribution is -0.167. The van der Waals surface area contributed by atoms with Gasteiger partial charge in [0.15, 0.2) is 6.10 Å².